The number of hydrogen-bond donors (Lipinski definition) is 1. The van der Waals surface area contributed by atoms with Crippen molar-refractivity contribution in [3.63, 3.8) is 0 Å². The Labute approximate surface area is 174 Å². The number of nitrogens with zero attached hydrogens (tertiary/aromatic N) is 3. The summed E-state index contributed by atoms with van der Waals surface area (Å²) in [5, 5.41) is 5.23. The van der Waals surface area contributed by atoms with Gasteiger partial charge in [0, 0.05) is 19.2 Å². The SMILES string of the molecule is COCCn1c(=NC(=O)c2ccc3ncsc3c2)sc2cc(S(N)(=O)=O)ccc21. The molecule has 4 rings (SSSR count). The van der Waals surface area contributed by atoms with Gasteiger partial charge >= 0.3 is 0 Å². The van der Waals surface area contributed by atoms with E-state index in [1.165, 1.54) is 34.8 Å². The molecule has 4 aromatic rings. The molecule has 150 valence electrons. The Morgan fingerprint density at radius 3 is 2.83 bits per heavy atom. The summed E-state index contributed by atoms with van der Waals surface area (Å²) >= 11 is 2.68. The minimum absolute atomic E-state index is 0.0127. The lowest BCUT2D eigenvalue weighted by Crippen LogP contribution is -2.19. The molecule has 1 amide bonds. The smallest absolute Gasteiger partial charge is 0.279 e. The maximum atomic E-state index is 12.8. The Bertz CT molecular complexity index is 1400. The van der Waals surface area contributed by atoms with Crippen LogP contribution in [0.2, 0.25) is 0 Å². The lowest BCUT2D eigenvalue weighted by atomic mass is 10.2. The number of carbonyl (C=O) groups is 1. The fraction of sp³-hybridized carbons (Fsp3) is 0.167. The molecule has 0 fully saturated rings. The summed E-state index contributed by atoms with van der Waals surface area (Å²) in [6.45, 7) is 0.877. The summed E-state index contributed by atoms with van der Waals surface area (Å²) in [6.07, 6.45) is 0. The van der Waals surface area contributed by atoms with Crippen LogP contribution in [0.3, 0.4) is 0 Å². The molecule has 0 saturated heterocycles. The number of sulfonamides is 1. The van der Waals surface area contributed by atoms with Crippen molar-refractivity contribution in [1.82, 2.24) is 9.55 Å². The van der Waals surface area contributed by atoms with E-state index in [9.17, 15) is 13.2 Å². The minimum atomic E-state index is -3.83. The number of ether oxygens (including phenoxy) is 1. The van der Waals surface area contributed by atoms with Crippen LogP contribution in [0.15, 0.2) is 51.8 Å². The summed E-state index contributed by atoms with van der Waals surface area (Å²) in [6, 6.07) is 9.85. The Morgan fingerprint density at radius 1 is 1.24 bits per heavy atom. The highest BCUT2D eigenvalue weighted by molar-refractivity contribution is 7.89. The number of aromatic nitrogens is 2. The fourth-order valence-electron chi connectivity index (χ4n) is 2.85. The van der Waals surface area contributed by atoms with E-state index in [-0.39, 0.29) is 10.8 Å². The second kappa shape index (κ2) is 7.76. The van der Waals surface area contributed by atoms with Gasteiger partial charge in [-0.15, -0.1) is 11.3 Å². The maximum Gasteiger partial charge on any atom is 0.279 e. The van der Waals surface area contributed by atoms with Gasteiger partial charge in [-0.2, -0.15) is 4.99 Å². The molecule has 8 nitrogen and oxygen atoms in total. The monoisotopic (exact) mass is 448 g/mol. The molecule has 0 bridgehead atoms. The minimum Gasteiger partial charge on any atom is -0.383 e. The first kappa shape index (κ1) is 19.9. The Balaban J connectivity index is 1.84. The van der Waals surface area contributed by atoms with E-state index in [0.29, 0.717) is 28.2 Å². The Kier molecular flexibility index (Phi) is 5.32. The molecule has 2 heterocycles. The van der Waals surface area contributed by atoms with Gasteiger partial charge in [0.2, 0.25) is 10.0 Å². The van der Waals surface area contributed by atoms with Crippen molar-refractivity contribution in [2.24, 2.45) is 10.1 Å². The average molecular weight is 449 g/mol. The molecule has 2 aromatic heterocycles. The van der Waals surface area contributed by atoms with Crippen LogP contribution in [0.1, 0.15) is 10.4 Å². The number of fused-ring (bicyclic) bond motifs is 2. The van der Waals surface area contributed by atoms with E-state index in [1.807, 2.05) is 4.57 Å². The molecule has 0 saturated carbocycles. The van der Waals surface area contributed by atoms with E-state index >= 15 is 0 Å². The molecule has 0 aliphatic heterocycles. The van der Waals surface area contributed by atoms with Gasteiger partial charge in [-0.3, -0.25) is 4.79 Å². The first-order valence-electron chi connectivity index (χ1n) is 8.44. The number of hydrogen-bond acceptors (Lipinski definition) is 7. The van der Waals surface area contributed by atoms with Gasteiger partial charge in [0.25, 0.3) is 5.91 Å². The van der Waals surface area contributed by atoms with Crippen LogP contribution < -0.4 is 9.94 Å². The third-order valence-corrected chi connectivity index (χ3v) is 7.02. The van der Waals surface area contributed by atoms with Crippen LogP contribution in [0.4, 0.5) is 0 Å². The number of rotatable bonds is 5. The molecule has 0 aliphatic rings. The quantitative estimate of drug-likeness (QED) is 0.503. The zero-order valence-electron chi connectivity index (χ0n) is 15.2. The highest BCUT2D eigenvalue weighted by Crippen LogP contribution is 2.22. The van der Waals surface area contributed by atoms with Gasteiger partial charge in [0.05, 0.1) is 37.4 Å². The average Bonchev–Trinajstić information content (AvgIpc) is 3.28. The zero-order valence-corrected chi connectivity index (χ0v) is 17.7. The van der Waals surface area contributed by atoms with Crippen molar-refractivity contribution in [2.45, 2.75) is 11.4 Å². The van der Waals surface area contributed by atoms with Gasteiger partial charge < -0.3 is 9.30 Å². The largest absolute Gasteiger partial charge is 0.383 e. The van der Waals surface area contributed by atoms with Crippen molar-refractivity contribution >= 4 is 59.0 Å². The van der Waals surface area contributed by atoms with Crippen molar-refractivity contribution < 1.29 is 17.9 Å². The summed E-state index contributed by atoms with van der Waals surface area (Å²) in [7, 11) is -2.24. The topological polar surface area (TPSA) is 117 Å². The van der Waals surface area contributed by atoms with Gasteiger partial charge in [-0.1, -0.05) is 11.3 Å². The summed E-state index contributed by atoms with van der Waals surface area (Å²) in [5.74, 6) is -0.385. The van der Waals surface area contributed by atoms with Crippen molar-refractivity contribution in [2.75, 3.05) is 13.7 Å². The molecule has 0 atom stereocenters. The van der Waals surface area contributed by atoms with Gasteiger partial charge in [-0.05, 0) is 36.4 Å². The number of thiazole rings is 2. The molecule has 0 radical (unpaired) electrons. The molecule has 0 unspecified atom stereocenters. The van der Waals surface area contributed by atoms with Crippen LogP contribution in [0.25, 0.3) is 20.4 Å². The van der Waals surface area contributed by atoms with E-state index in [2.05, 4.69) is 9.98 Å². The Hall–Kier alpha value is -2.44. The number of carbonyl (C=O) groups excluding carboxylic acids is 1. The molecule has 0 aliphatic carbocycles. The Morgan fingerprint density at radius 2 is 2.07 bits per heavy atom. The number of methoxy groups -OCH3 is 1. The number of amides is 1. The predicted octanol–water partition coefficient (Wildman–Crippen LogP) is 2.35. The van der Waals surface area contributed by atoms with Crippen molar-refractivity contribution in [3.05, 3.63) is 52.3 Å². The second-order valence-electron chi connectivity index (χ2n) is 6.16. The van der Waals surface area contributed by atoms with Crippen LogP contribution in [0, 0.1) is 0 Å². The normalized spacial score (nSPS) is 12.8. The molecule has 2 N–H and O–H groups in total. The number of primary sulfonamides is 1. The van der Waals surface area contributed by atoms with Gasteiger partial charge in [-0.25, -0.2) is 18.5 Å². The van der Waals surface area contributed by atoms with E-state index in [4.69, 9.17) is 9.88 Å². The first-order valence-corrected chi connectivity index (χ1v) is 11.7. The third-order valence-electron chi connectivity index (χ3n) is 4.28. The lowest BCUT2D eigenvalue weighted by Gasteiger charge is -2.05. The standard InChI is InChI=1S/C18H16N4O4S3/c1-26-7-6-22-14-5-3-12(29(19,24)25)9-16(14)28-18(22)21-17(23)11-2-4-13-15(8-11)27-10-20-13/h2-5,8-10H,6-7H2,1H3,(H2,19,24,25). The second-order valence-corrected chi connectivity index (χ2v) is 9.61. The van der Waals surface area contributed by atoms with E-state index < -0.39 is 10.0 Å². The van der Waals surface area contributed by atoms with E-state index in [1.54, 1.807) is 36.9 Å². The lowest BCUT2D eigenvalue weighted by molar-refractivity contribution is 0.0997. The highest BCUT2D eigenvalue weighted by Gasteiger charge is 2.14. The third kappa shape index (κ3) is 4.00. The molecule has 2 aromatic carbocycles. The highest BCUT2D eigenvalue weighted by atomic mass is 32.2. The van der Waals surface area contributed by atoms with Crippen molar-refractivity contribution in [3.8, 4) is 0 Å². The molecular formula is C18H16N4O4S3. The summed E-state index contributed by atoms with van der Waals surface area (Å²) in [5.41, 5.74) is 3.77. The molecule has 29 heavy (non-hydrogen) atoms. The zero-order chi connectivity index (χ0) is 20.6. The molecular weight excluding hydrogens is 432 g/mol. The predicted molar refractivity (Wildman–Crippen MR) is 113 cm³/mol. The molecule has 0 spiro atoms. The van der Waals surface area contributed by atoms with Gasteiger partial charge in [0.15, 0.2) is 4.80 Å². The van der Waals surface area contributed by atoms with Crippen molar-refractivity contribution in [1.29, 1.82) is 0 Å². The number of nitrogens with two attached hydrogens (primary N) is 1. The number of benzene rings is 2. The maximum absolute atomic E-state index is 12.8. The van der Waals surface area contributed by atoms with Crippen LogP contribution in [-0.4, -0.2) is 37.6 Å². The first-order chi connectivity index (χ1) is 13.9. The van der Waals surface area contributed by atoms with E-state index in [0.717, 1.165) is 15.7 Å². The molecule has 11 heteroatoms. The summed E-state index contributed by atoms with van der Waals surface area (Å²) < 4.78 is 31.9. The van der Waals surface area contributed by atoms with Crippen LogP contribution in [-0.2, 0) is 21.3 Å². The van der Waals surface area contributed by atoms with Gasteiger partial charge in [0.1, 0.15) is 0 Å². The van der Waals surface area contributed by atoms with Crippen LogP contribution in [0.5, 0.6) is 0 Å². The summed E-state index contributed by atoms with van der Waals surface area (Å²) in [4.78, 5) is 21.7. The van der Waals surface area contributed by atoms with Crippen LogP contribution >= 0.6 is 22.7 Å². The fourth-order valence-corrected chi connectivity index (χ4v) is 5.28.